The first-order chi connectivity index (χ1) is 15.6. The predicted molar refractivity (Wildman–Crippen MR) is 120 cm³/mol. The van der Waals surface area contributed by atoms with Crippen molar-refractivity contribution < 1.29 is 13.2 Å². The molecule has 2 aromatic heterocycles. The number of aromatic nitrogens is 3. The van der Waals surface area contributed by atoms with Crippen LogP contribution in [0, 0.1) is 6.92 Å². The molecule has 6 rings (SSSR count). The maximum atomic E-state index is 13.2. The van der Waals surface area contributed by atoms with Gasteiger partial charge in [-0.2, -0.15) is 13.2 Å². The number of rotatable bonds is 4. The molecule has 0 saturated carbocycles. The number of alkyl halides is 3. The SMILES string of the molecule is Cc1nc(N[C@@H](C)c2cccc(C(F)(F)F)c2)c2cn(C34CCN(CC3)CC4)c(=O)cc2n1. The van der Waals surface area contributed by atoms with Crippen LogP contribution in [0.2, 0.25) is 0 Å². The summed E-state index contributed by atoms with van der Waals surface area (Å²) in [7, 11) is 0. The molecule has 1 aromatic carbocycles. The number of pyridine rings is 1. The summed E-state index contributed by atoms with van der Waals surface area (Å²) in [6, 6.07) is 6.41. The fraction of sp³-hybridized carbons (Fsp3) is 0.458. The van der Waals surface area contributed by atoms with Crippen LogP contribution in [0.15, 0.2) is 41.3 Å². The number of benzene rings is 1. The summed E-state index contributed by atoms with van der Waals surface area (Å²) in [5.74, 6) is 1.00. The van der Waals surface area contributed by atoms with Crippen molar-refractivity contribution in [2.24, 2.45) is 0 Å². The topological polar surface area (TPSA) is 63.1 Å². The summed E-state index contributed by atoms with van der Waals surface area (Å²) < 4.78 is 41.4. The van der Waals surface area contributed by atoms with Gasteiger partial charge in [0.2, 0.25) is 0 Å². The van der Waals surface area contributed by atoms with E-state index in [1.165, 1.54) is 6.07 Å². The van der Waals surface area contributed by atoms with Crippen LogP contribution in [-0.4, -0.2) is 39.1 Å². The normalized spacial score (nSPS) is 23.6. The van der Waals surface area contributed by atoms with E-state index in [-0.39, 0.29) is 11.1 Å². The second-order valence-electron chi connectivity index (χ2n) is 9.21. The molecule has 3 aliphatic heterocycles. The highest BCUT2D eigenvalue weighted by molar-refractivity contribution is 5.88. The molecule has 9 heteroatoms. The highest BCUT2D eigenvalue weighted by Gasteiger charge is 2.41. The second kappa shape index (κ2) is 7.83. The van der Waals surface area contributed by atoms with E-state index in [1.54, 1.807) is 26.0 Å². The van der Waals surface area contributed by atoms with E-state index in [4.69, 9.17) is 0 Å². The Bertz CT molecular complexity index is 1250. The van der Waals surface area contributed by atoms with Gasteiger partial charge < -0.3 is 14.8 Å². The van der Waals surface area contributed by atoms with Gasteiger partial charge >= 0.3 is 6.18 Å². The van der Waals surface area contributed by atoms with Gasteiger partial charge in [0.05, 0.1) is 22.0 Å². The first-order valence-corrected chi connectivity index (χ1v) is 11.2. The summed E-state index contributed by atoms with van der Waals surface area (Å²) in [4.78, 5) is 24.5. The van der Waals surface area contributed by atoms with Gasteiger partial charge in [-0.25, -0.2) is 9.97 Å². The van der Waals surface area contributed by atoms with Crippen LogP contribution in [-0.2, 0) is 11.7 Å². The predicted octanol–water partition coefficient (Wildman–Crippen LogP) is 4.49. The minimum absolute atomic E-state index is 0.0761. The van der Waals surface area contributed by atoms with Crippen LogP contribution >= 0.6 is 0 Å². The van der Waals surface area contributed by atoms with Crippen molar-refractivity contribution in [2.45, 2.75) is 50.9 Å². The third-order valence-corrected chi connectivity index (χ3v) is 7.10. The van der Waals surface area contributed by atoms with E-state index in [9.17, 15) is 18.0 Å². The molecule has 1 N–H and O–H groups in total. The molecule has 0 radical (unpaired) electrons. The van der Waals surface area contributed by atoms with Crippen molar-refractivity contribution in [3.05, 3.63) is 63.8 Å². The maximum Gasteiger partial charge on any atom is 0.416 e. The smallest absolute Gasteiger partial charge is 0.363 e. The summed E-state index contributed by atoms with van der Waals surface area (Å²) >= 11 is 0. The van der Waals surface area contributed by atoms with E-state index < -0.39 is 17.8 Å². The van der Waals surface area contributed by atoms with E-state index in [1.807, 2.05) is 10.8 Å². The zero-order valence-electron chi connectivity index (χ0n) is 18.6. The van der Waals surface area contributed by atoms with Gasteiger partial charge in [-0.1, -0.05) is 12.1 Å². The van der Waals surface area contributed by atoms with E-state index in [0.29, 0.717) is 28.1 Å². The van der Waals surface area contributed by atoms with Crippen molar-refractivity contribution in [1.82, 2.24) is 19.4 Å². The highest BCUT2D eigenvalue weighted by atomic mass is 19.4. The summed E-state index contributed by atoms with van der Waals surface area (Å²) in [5.41, 5.74) is 0.0733. The van der Waals surface area contributed by atoms with Crippen LogP contribution in [0.5, 0.6) is 0 Å². The fourth-order valence-electron chi connectivity index (χ4n) is 5.14. The first-order valence-electron chi connectivity index (χ1n) is 11.2. The van der Waals surface area contributed by atoms with Gasteiger partial charge in [0.25, 0.3) is 5.56 Å². The number of halogens is 3. The monoisotopic (exact) mass is 457 g/mol. The second-order valence-corrected chi connectivity index (χ2v) is 9.21. The van der Waals surface area contributed by atoms with Gasteiger partial charge in [0, 0.05) is 37.9 Å². The number of nitrogens with zero attached hydrogens (tertiary/aromatic N) is 4. The molecule has 2 bridgehead atoms. The number of anilines is 1. The largest absolute Gasteiger partial charge is 0.416 e. The summed E-state index contributed by atoms with van der Waals surface area (Å²) in [5, 5.41) is 3.96. The molecule has 5 heterocycles. The van der Waals surface area contributed by atoms with Gasteiger partial charge in [-0.05, 0) is 50.8 Å². The van der Waals surface area contributed by atoms with Gasteiger partial charge in [0.15, 0.2) is 0 Å². The molecule has 0 amide bonds. The molecule has 3 aromatic rings. The minimum atomic E-state index is -4.40. The quantitative estimate of drug-likeness (QED) is 0.626. The maximum absolute atomic E-state index is 13.2. The Labute approximate surface area is 189 Å². The number of piperidine rings is 3. The van der Waals surface area contributed by atoms with Crippen molar-refractivity contribution in [1.29, 1.82) is 0 Å². The van der Waals surface area contributed by atoms with Gasteiger partial charge in [-0.15, -0.1) is 0 Å². The first kappa shape index (κ1) is 21.9. The van der Waals surface area contributed by atoms with Crippen molar-refractivity contribution in [2.75, 3.05) is 25.0 Å². The molecule has 174 valence electrons. The van der Waals surface area contributed by atoms with Crippen LogP contribution in [0.1, 0.15) is 49.2 Å². The molecule has 3 aliphatic rings. The molecule has 1 atom stereocenters. The fourth-order valence-corrected chi connectivity index (χ4v) is 5.14. The van der Waals surface area contributed by atoms with Gasteiger partial charge in [0.1, 0.15) is 11.6 Å². The third-order valence-electron chi connectivity index (χ3n) is 7.10. The number of nitrogens with one attached hydrogen (secondary N) is 1. The number of hydrogen-bond donors (Lipinski definition) is 1. The summed E-state index contributed by atoms with van der Waals surface area (Å²) in [6.45, 7) is 6.47. The number of aryl methyl sites for hydroxylation is 1. The molecule has 0 aliphatic carbocycles. The Kier molecular flexibility index (Phi) is 5.19. The lowest BCUT2D eigenvalue weighted by atomic mass is 9.79. The zero-order chi connectivity index (χ0) is 23.4. The molecule has 3 saturated heterocycles. The molecular formula is C24H26F3N5O. The van der Waals surface area contributed by atoms with Crippen molar-refractivity contribution >= 4 is 16.7 Å². The number of fused-ring (bicyclic) bond motifs is 4. The van der Waals surface area contributed by atoms with Crippen LogP contribution in [0.25, 0.3) is 10.9 Å². The Morgan fingerprint density at radius 2 is 1.79 bits per heavy atom. The summed E-state index contributed by atoms with van der Waals surface area (Å²) in [6.07, 6.45) is 0.218. The molecule has 6 nitrogen and oxygen atoms in total. The van der Waals surface area contributed by atoms with E-state index >= 15 is 0 Å². The Hall–Kier alpha value is -2.94. The van der Waals surface area contributed by atoms with Gasteiger partial charge in [-0.3, -0.25) is 4.79 Å². The average Bonchev–Trinajstić information content (AvgIpc) is 2.79. The Morgan fingerprint density at radius 1 is 1.09 bits per heavy atom. The molecule has 33 heavy (non-hydrogen) atoms. The molecular weight excluding hydrogens is 431 g/mol. The van der Waals surface area contributed by atoms with Crippen LogP contribution < -0.4 is 10.9 Å². The van der Waals surface area contributed by atoms with Crippen LogP contribution in [0.4, 0.5) is 19.0 Å². The minimum Gasteiger partial charge on any atom is -0.363 e. The Balaban J connectivity index is 1.55. The standard InChI is InChI=1S/C24H26F3N5O/c1-15(17-4-3-5-18(12-17)24(25,26)27)28-22-19-14-32(21(33)13-20(19)29-16(2)30-22)23-6-9-31(10-7-23)11-8-23/h3-5,12-15H,6-11H2,1-2H3,(H,28,29,30)/t15-/m0/s1. The van der Waals surface area contributed by atoms with E-state index in [2.05, 4.69) is 20.2 Å². The average molecular weight is 458 g/mol. The van der Waals surface area contributed by atoms with Crippen molar-refractivity contribution in [3.63, 3.8) is 0 Å². The molecule has 3 fully saturated rings. The molecule has 0 spiro atoms. The van der Waals surface area contributed by atoms with Crippen molar-refractivity contribution in [3.8, 4) is 0 Å². The highest BCUT2D eigenvalue weighted by Crippen LogP contribution is 2.38. The molecule has 0 unspecified atom stereocenters. The third kappa shape index (κ3) is 3.99. The zero-order valence-corrected chi connectivity index (χ0v) is 18.6. The lowest BCUT2D eigenvalue weighted by Gasteiger charge is -2.49. The Morgan fingerprint density at radius 3 is 2.45 bits per heavy atom. The lowest BCUT2D eigenvalue weighted by Crippen LogP contribution is -2.55. The van der Waals surface area contributed by atoms with E-state index in [0.717, 1.165) is 51.0 Å². The van der Waals surface area contributed by atoms with Crippen LogP contribution in [0.3, 0.4) is 0 Å². The number of hydrogen-bond acceptors (Lipinski definition) is 5. The lowest BCUT2D eigenvalue weighted by molar-refractivity contribution is -0.137.